The van der Waals surface area contributed by atoms with Gasteiger partial charge in [0.2, 0.25) is 5.91 Å². The lowest BCUT2D eigenvalue weighted by molar-refractivity contribution is -0.152. The molecule has 1 aromatic rings. The first-order valence-corrected chi connectivity index (χ1v) is 9.34. The van der Waals surface area contributed by atoms with E-state index in [1.54, 1.807) is 4.90 Å². The molecule has 1 N–H and O–H groups in total. The molecule has 6 nitrogen and oxygen atoms in total. The van der Waals surface area contributed by atoms with Crippen LogP contribution in [-0.2, 0) is 25.5 Å². The molecule has 1 saturated heterocycles. The minimum atomic E-state index is -0.534. The van der Waals surface area contributed by atoms with E-state index in [9.17, 15) is 14.4 Å². The summed E-state index contributed by atoms with van der Waals surface area (Å²) in [5.74, 6) is -1.42. The van der Waals surface area contributed by atoms with Crippen LogP contribution in [0.2, 0.25) is 0 Å². The van der Waals surface area contributed by atoms with E-state index in [1.165, 1.54) is 0 Å². The Morgan fingerprint density at radius 3 is 2.58 bits per heavy atom. The summed E-state index contributed by atoms with van der Waals surface area (Å²) in [4.78, 5) is 38.1. The van der Waals surface area contributed by atoms with Crippen molar-refractivity contribution >= 4 is 23.5 Å². The van der Waals surface area contributed by atoms with Crippen molar-refractivity contribution in [3.8, 4) is 0 Å². The molecule has 0 radical (unpaired) electrons. The molecule has 2 amide bonds. The topological polar surface area (TPSA) is 75.7 Å². The number of amides is 2. The summed E-state index contributed by atoms with van der Waals surface area (Å²) in [6, 6.07) is 7.79. The Bertz CT molecular complexity index is 655. The number of carbonyl (C=O) groups is 3. The van der Waals surface area contributed by atoms with Gasteiger partial charge in [-0.2, -0.15) is 0 Å². The average Bonchev–Trinajstić information content (AvgIpc) is 3.05. The highest BCUT2D eigenvalue weighted by Gasteiger charge is 2.37. The maximum Gasteiger partial charge on any atom is 0.311 e. The van der Waals surface area contributed by atoms with E-state index in [0.29, 0.717) is 6.54 Å². The van der Waals surface area contributed by atoms with Gasteiger partial charge < -0.3 is 15.0 Å². The lowest BCUT2D eigenvalue weighted by Gasteiger charge is -2.19. The summed E-state index contributed by atoms with van der Waals surface area (Å²) in [6.07, 6.45) is 2.59. The van der Waals surface area contributed by atoms with Crippen molar-refractivity contribution in [2.45, 2.75) is 52.5 Å². The number of benzene rings is 1. The molecule has 1 heterocycles. The summed E-state index contributed by atoms with van der Waals surface area (Å²) in [5, 5.41) is 2.83. The fourth-order valence-electron chi connectivity index (χ4n) is 3.19. The Labute approximate surface area is 154 Å². The Hall–Kier alpha value is -2.37. The number of hydrogen-bond donors (Lipinski definition) is 1. The largest absolute Gasteiger partial charge is 0.455 e. The third-order valence-electron chi connectivity index (χ3n) is 4.82. The van der Waals surface area contributed by atoms with Gasteiger partial charge in [0.05, 0.1) is 5.92 Å². The van der Waals surface area contributed by atoms with Gasteiger partial charge in [-0.3, -0.25) is 14.4 Å². The first-order chi connectivity index (χ1) is 12.5. The van der Waals surface area contributed by atoms with Gasteiger partial charge in [-0.05, 0) is 30.9 Å². The van der Waals surface area contributed by atoms with E-state index in [-0.39, 0.29) is 30.9 Å². The molecular weight excluding hydrogens is 332 g/mol. The number of hydrogen-bond acceptors (Lipinski definition) is 4. The van der Waals surface area contributed by atoms with Gasteiger partial charge in [0, 0.05) is 24.7 Å². The van der Waals surface area contributed by atoms with E-state index in [0.717, 1.165) is 30.5 Å². The maximum atomic E-state index is 12.4. The second-order valence-corrected chi connectivity index (χ2v) is 6.58. The molecule has 0 spiro atoms. The monoisotopic (exact) mass is 360 g/mol. The molecule has 2 rings (SSSR count). The lowest BCUT2D eigenvalue weighted by Crippen LogP contribution is -2.37. The highest BCUT2D eigenvalue weighted by molar-refractivity contribution is 6.00. The average molecular weight is 360 g/mol. The third kappa shape index (κ3) is 4.84. The molecule has 0 bridgehead atoms. The van der Waals surface area contributed by atoms with Crippen molar-refractivity contribution in [3.63, 3.8) is 0 Å². The molecule has 1 fully saturated rings. The van der Waals surface area contributed by atoms with Gasteiger partial charge in [-0.1, -0.05) is 39.0 Å². The first-order valence-electron chi connectivity index (χ1n) is 9.34. The summed E-state index contributed by atoms with van der Waals surface area (Å²) in [6.45, 7) is 6.01. The number of esters is 1. The van der Waals surface area contributed by atoms with Crippen LogP contribution in [0.15, 0.2) is 24.3 Å². The van der Waals surface area contributed by atoms with Crippen LogP contribution in [0.1, 0.15) is 45.6 Å². The van der Waals surface area contributed by atoms with Crippen LogP contribution < -0.4 is 10.2 Å². The van der Waals surface area contributed by atoms with Crippen LogP contribution in [-0.4, -0.2) is 37.0 Å². The molecule has 1 aromatic carbocycles. The quantitative estimate of drug-likeness (QED) is 0.723. The fraction of sp³-hybridized carbons (Fsp3) is 0.550. The number of nitrogens with zero attached hydrogens (tertiary/aromatic N) is 1. The molecule has 1 aliphatic heterocycles. The molecule has 1 atom stereocenters. The zero-order valence-electron chi connectivity index (χ0n) is 15.8. The predicted octanol–water partition coefficient (Wildman–Crippen LogP) is 2.45. The summed E-state index contributed by atoms with van der Waals surface area (Å²) >= 11 is 0. The van der Waals surface area contributed by atoms with E-state index < -0.39 is 11.9 Å². The van der Waals surface area contributed by atoms with Crippen LogP contribution in [0.4, 0.5) is 5.69 Å². The van der Waals surface area contributed by atoms with Gasteiger partial charge in [0.1, 0.15) is 0 Å². The van der Waals surface area contributed by atoms with Gasteiger partial charge in [-0.25, -0.2) is 0 Å². The number of aryl methyl sites for hydroxylation is 1. The number of nitrogens with one attached hydrogen (secondary N) is 1. The highest BCUT2D eigenvalue weighted by Crippen LogP contribution is 2.29. The fourth-order valence-corrected chi connectivity index (χ4v) is 3.19. The predicted molar refractivity (Wildman–Crippen MR) is 99.8 cm³/mol. The van der Waals surface area contributed by atoms with Crippen LogP contribution in [0, 0.1) is 5.92 Å². The normalized spacial score (nSPS) is 16.8. The molecule has 142 valence electrons. The molecule has 0 unspecified atom stereocenters. The molecule has 0 saturated carbocycles. The number of carbonyl (C=O) groups excluding carboxylic acids is 3. The second-order valence-electron chi connectivity index (χ2n) is 6.58. The van der Waals surface area contributed by atoms with Crippen LogP contribution in [0.5, 0.6) is 0 Å². The molecule has 26 heavy (non-hydrogen) atoms. The summed E-state index contributed by atoms with van der Waals surface area (Å²) < 4.78 is 5.14. The van der Waals surface area contributed by atoms with Crippen LogP contribution in [0.3, 0.4) is 0 Å². The van der Waals surface area contributed by atoms with Gasteiger partial charge in [0.25, 0.3) is 5.91 Å². The second kappa shape index (κ2) is 9.36. The maximum absolute atomic E-state index is 12.4. The zero-order chi connectivity index (χ0) is 19.1. The third-order valence-corrected chi connectivity index (χ3v) is 4.82. The number of ether oxygens (including phenoxy) is 1. The van der Waals surface area contributed by atoms with Crippen molar-refractivity contribution in [2.75, 3.05) is 18.1 Å². The van der Waals surface area contributed by atoms with Crippen molar-refractivity contribution < 1.29 is 19.1 Å². The number of para-hydroxylation sites is 1. The van der Waals surface area contributed by atoms with E-state index >= 15 is 0 Å². The Morgan fingerprint density at radius 2 is 1.92 bits per heavy atom. The van der Waals surface area contributed by atoms with E-state index in [4.69, 9.17) is 4.74 Å². The minimum Gasteiger partial charge on any atom is -0.455 e. The highest BCUT2D eigenvalue weighted by atomic mass is 16.5. The van der Waals surface area contributed by atoms with Crippen molar-refractivity contribution in [1.29, 1.82) is 0 Å². The molecule has 0 aliphatic carbocycles. The van der Waals surface area contributed by atoms with E-state index in [1.807, 2.05) is 45.0 Å². The van der Waals surface area contributed by atoms with Crippen LogP contribution in [0.25, 0.3) is 0 Å². The van der Waals surface area contributed by atoms with E-state index in [2.05, 4.69) is 5.32 Å². The first kappa shape index (κ1) is 19.9. The molecule has 1 aliphatic rings. The molecule has 0 aromatic heterocycles. The molecular formula is C20H28N2O4. The number of anilines is 1. The molecule has 6 heteroatoms. The Morgan fingerprint density at radius 1 is 1.23 bits per heavy atom. The minimum absolute atomic E-state index is 0.0886. The van der Waals surface area contributed by atoms with Gasteiger partial charge in [-0.15, -0.1) is 0 Å². The van der Waals surface area contributed by atoms with Crippen LogP contribution >= 0.6 is 0 Å². The number of rotatable bonds is 8. The van der Waals surface area contributed by atoms with Gasteiger partial charge in [0.15, 0.2) is 6.61 Å². The van der Waals surface area contributed by atoms with Gasteiger partial charge >= 0.3 is 5.97 Å². The van der Waals surface area contributed by atoms with Crippen molar-refractivity contribution in [2.24, 2.45) is 5.92 Å². The summed E-state index contributed by atoms with van der Waals surface area (Å²) in [5.41, 5.74) is 1.92. The smallest absolute Gasteiger partial charge is 0.311 e. The van der Waals surface area contributed by atoms with Crippen molar-refractivity contribution in [3.05, 3.63) is 29.8 Å². The lowest BCUT2D eigenvalue weighted by atomic mass is 10.1. The summed E-state index contributed by atoms with van der Waals surface area (Å²) in [7, 11) is 0. The zero-order valence-corrected chi connectivity index (χ0v) is 15.8. The standard InChI is InChI=1S/C20H28N2O4/c1-4-14-9-7-8-10-17(14)22-12-15(11-19(22)24)20(25)26-13-18(23)21-16(5-2)6-3/h7-10,15-16H,4-6,11-13H2,1-3H3,(H,21,23)/t15-/m0/s1. The SMILES string of the molecule is CCc1ccccc1N1C[C@@H](C(=O)OCC(=O)NC(CC)CC)CC1=O. The Kier molecular flexibility index (Phi) is 7.18. The Balaban J connectivity index is 1.91. The van der Waals surface area contributed by atoms with Crippen molar-refractivity contribution in [1.82, 2.24) is 5.32 Å².